The van der Waals surface area contributed by atoms with Gasteiger partial charge in [-0.25, -0.2) is 9.13 Å². The molecule has 90 heavy (non-hydrogen) atoms. The molecular weight excluding hydrogens is 1190 g/mol. The molecule has 0 heterocycles. The van der Waals surface area contributed by atoms with Crippen molar-refractivity contribution in [2.45, 2.75) is 369 Å². The highest BCUT2D eigenvalue weighted by molar-refractivity contribution is 7.47. The van der Waals surface area contributed by atoms with Gasteiger partial charge in [-0.3, -0.25) is 37.3 Å². The van der Waals surface area contributed by atoms with Crippen LogP contribution in [0, 0.1) is 23.7 Å². The number of hydrogen-bond donors (Lipinski definition) is 3. The average molecular weight is 1330 g/mol. The molecule has 7 atom stereocenters. The molecule has 0 saturated heterocycles. The minimum Gasteiger partial charge on any atom is -0.462 e. The summed E-state index contributed by atoms with van der Waals surface area (Å²) in [5, 5.41) is 10.6. The van der Waals surface area contributed by atoms with Gasteiger partial charge in [0.1, 0.15) is 19.3 Å². The Morgan fingerprint density at radius 1 is 0.311 bits per heavy atom. The molecule has 0 rings (SSSR count). The van der Waals surface area contributed by atoms with Crippen LogP contribution < -0.4 is 0 Å². The molecule has 0 amide bonds. The molecule has 534 valence electrons. The van der Waals surface area contributed by atoms with Crippen LogP contribution in [0.5, 0.6) is 0 Å². The van der Waals surface area contributed by atoms with E-state index in [1.165, 1.54) is 148 Å². The molecule has 0 aromatic rings. The van der Waals surface area contributed by atoms with Gasteiger partial charge in [0.15, 0.2) is 12.2 Å². The molecule has 0 aliphatic carbocycles. The number of unbranched alkanes of at least 4 members (excludes halogenated alkanes) is 32. The molecule has 0 aromatic carbocycles. The second-order valence-corrected chi connectivity index (χ2v) is 30.0. The summed E-state index contributed by atoms with van der Waals surface area (Å²) in [6, 6.07) is 0. The van der Waals surface area contributed by atoms with Crippen molar-refractivity contribution in [2.75, 3.05) is 39.6 Å². The normalized spacial score (nSPS) is 14.9. The minimum absolute atomic E-state index is 0.104. The third kappa shape index (κ3) is 62.2. The molecule has 0 fully saturated rings. The Bertz CT molecular complexity index is 1790. The van der Waals surface area contributed by atoms with Crippen molar-refractivity contribution >= 4 is 39.5 Å². The predicted molar refractivity (Wildman–Crippen MR) is 363 cm³/mol. The highest BCUT2D eigenvalue weighted by Crippen LogP contribution is 2.45. The van der Waals surface area contributed by atoms with Crippen molar-refractivity contribution in [3.05, 3.63) is 0 Å². The number of aliphatic hydroxyl groups excluding tert-OH is 1. The maximum Gasteiger partial charge on any atom is 0.472 e. The van der Waals surface area contributed by atoms with E-state index in [9.17, 15) is 43.2 Å². The number of ether oxygens (including phenoxy) is 4. The van der Waals surface area contributed by atoms with Gasteiger partial charge in [0.2, 0.25) is 0 Å². The number of esters is 4. The summed E-state index contributed by atoms with van der Waals surface area (Å²) in [6.07, 6.45) is 43.0. The minimum atomic E-state index is -4.95. The Kier molecular flexibility index (Phi) is 59.4. The highest BCUT2D eigenvalue weighted by Gasteiger charge is 2.30. The van der Waals surface area contributed by atoms with Crippen molar-refractivity contribution < 1.29 is 80.2 Å². The largest absolute Gasteiger partial charge is 0.472 e. The molecule has 4 unspecified atom stereocenters. The quantitative estimate of drug-likeness (QED) is 0.0222. The maximum absolute atomic E-state index is 13.0. The van der Waals surface area contributed by atoms with E-state index in [-0.39, 0.29) is 25.7 Å². The Morgan fingerprint density at radius 2 is 0.533 bits per heavy atom. The Balaban J connectivity index is 5.27. The van der Waals surface area contributed by atoms with Crippen molar-refractivity contribution in [3.8, 4) is 0 Å². The Morgan fingerprint density at radius 3 is 0.789 bits per heavy atom. The third-order valence-corrected chi connectivity index (χ3v) is 18.9. The second-order valence-electron chi connectivity index (χ2n) is 27.1. The zero-order valence-corrected chi connectivity index (χ0v) is 60.6. The van der Waals surface area contributed by atoms with E-state index in [1.54, 1.807) is 0 Å². The predicted octanol–water partition coefficient (Wildman–Crippen LogP) is 20.1. The van der Waals surface area contributed by atoms with E-state index >= 15 is 0 Å². The molecule has 0 aliphatic rings. The van der Waals surface area contributed by atoms with Crippen LogP contribution in [-0.4, -0.2) is 96.7 Å². The van der Waals surface area contributed by atoms with Gasteiger partial charge in [0.05, 0.1) is 26.4 Å². The lowest BCUT2D eigenvalue weighted by atomic mass is 9.99. The van der Waals surface area contributed by atoms with E-state index < -0.39 is 97.5 Å². The van der Waals surface area contributed by atoms with Crippen LogP contribution in [0.4, 0.5) is 0 Å². The van der Waals surface area contributed by atoms with E-state index in [4.69, 9.17) is 37.0 Å². The lowest BCUT2D eigenvalue weighted by Crippen LogP contribution is -2.30. The Labute approximate surface area is 549 Å². The van der Waals surface area contributed by atoms with E-state index in [0.717, 1.165) is 120 Å². The average Bonchev–Trinajstić information content (AvgIpc) is 3.67. The van der Waals surface area contributed by atoms with Crippen LogP contribution in [0.15, 0.2) is 0 Å². The van der Waals surface area contributed by atoms with Gasteiger partial charge in [0, 0.05) is 25.7 Å². The van der Waals surface area contributed by atoms with Crippen LogP contribution in [-0.2, 0) is 65.4 Å². The fourth-order valence-corrected chi connectivity index (χ4v) is 12.2. The van der Waals surface area contributed by atoms with Crippen molar-refractivity contribution in [3.63, 3.8) is 0 Å². The lowest BCUT2D eigenvalue weighted by Gasteiger charge is -2.21. The Hall–Kier alpha value is -1.94. The zero-order valence-electron chi connectivity index (χ0n) is 58.8. The van der Waals surface area contributed by atoms with Crippen LogP contribution in [0.3, 0.4) is 0 Å². The fraction of sp³-hybridized carbons (Fsp3) is 0.944. The van der Waals surface area contributed by atoms with Crippen molar-refractivity contribution in [2.24, 2.45) is 23.7 Å². The molecule has 3 N–H and O–H groups in total. The first-order chi connectivity index (χ1) is 43.2. The van der Waals surface area contributed by atoms with Gasteiger partial charge >= 0.3 is 39.5 Å². The van der Waals surface area contributed by atoms with Gasteiger partial charge in [-0.2, -0.15) is 0 Å². The van der Waals surface area contributed by atoms with E-state index in [1.807, 2.05) is 0 Å². The molecule has 0 bridgehead atoms. The highest BCUT2D eigenvalue weighted by atomic mass is 31.2. The summed E-state index contributed by atoms with van der Waals surface area (Å²) in [5.74, 6) is 0.908. The SMILES string of the molecule is CCC(C)CCCCCCCCCCC(=O)OC[C@H](COP(=O)(O)OC[C@@H](O)COP(=O)(O)OC[C@@H](COC(=O)CCCCCCCCC(C)CC)OC(=O)CCCCCCCCCCCCC(C)C)OC(=O)CCCCCCCCCCCCCCC(C)C. The van der Waals surface area contributed by atoms with Crippen molar-refractivity contribution in [1.82, 2.24) is 0 Å². The molecule has 17 nitrogen and oxygen atoms in total. The van der Waals surface area contributed by atoms with Crippen LogP contribution in [0.25, 0.3) is 0 Å². The van der Waals surface area contributed by atoms with Gasteiger partial charge in [-0.05, 0) is 49.4 Å². The van der Waals surface area contributed by atoms with Gasteiger partial charge < -0.3 is 33.8 Å². The van der Waals surface area contributed by atoms with E-state index in [2.05, 4.69) is 55.4 Å². The summed E-state index contributed by atoms with van der Waals surface area (Å²) in [7, 11) is -9.91. The third-order valence-electron chi connectivity index (χ3n) is 17.0. The first-order valence-electron chi connectivity index (χ1n) is 36.8. The first kappa shape index (κ1) is 88.1. The summed E-state index contributed by atoms with van der Waals surface area (Å²) >= 11 is 0. The monoisotopic (exact) mass is 1320 g/mol. The molecule has 19 heteroatoms. The maximum atomic E-state index is 13.0. The second kappa shape index (κ2) is 60.7. The number of carbonyl (C=O) groups excluding carboxylic acids is 4. The number of phosphoric acid groups is 2. The van der Waals surface area contributed by atoms with Crippen LogP contribution in [0.1, 0.15) is 351 Å². The number of carbonyl (C=O) groups is 4. The number of rotatable bonds is 68. The van der Waals surface area contributed by atoms with Crippen LogP contribution in [0.2, 0.25) is 0 Å². The number of phosphoric ester groups is 2. The lowest BCUT2D eigenvalue weighted by molar-refractivity contribution is -0.161. The van der Waals surface area contributed by atoms with Gasteiger partial charge in [-0.15, -0.1) is 0 Å². The topological polar surface area (TPSA) is 237 Å². The molecule has 0 aliphatic heterocycles. The van der Waals surface area contributed by atoms with Gasteiger partial charge in [0.25, 0.3) is 0 Å². The molecule has 0 aromatic heterocycles. The van der Waals surface area contributed by atoms with Crippen LogP contribution >= 0.6 is 15.6 Å². The molecule has 0 saturated carbocycles. The van der Waals surface area contributed by atoms with Crippen molar-refractivity contribution in [1.29, 1.82) is 0 Å². The summed E-state index contributed by atoms with van der Waals surface area (Å²) in [4.78, 5) is 72.6. The summed E-state index contributed by atoms with van der Waals surface area (Å²) in [5.41, 5.74) is 0. The number of hydrogen-bond acceptors (Lipinski definition) is 15. The summed E-state index contributed by atoms with van der Waals surface area (Å²) in [6.45, 7) is 14.1. The number of aliphatic hydroxyl groups is 1. The summed E-state index contributed by atoms with van der Waals surface area (Å²) < 4.78 is 68.3. The zero-order chi connectivity index (χ0) is 66.8. The standard InChI is InChI=1S/C71H138O17P2/c1-9-63(7)49-41-33-25-21-22-26-35-43-51-68(73)81-57-66(87-70(75)53-45-37-27-19-14-12-11-13-17-23-31-39-47-61(3)4)59-85-89(77,78)83-55-65(72)56-84-90(79,80)86-60-67(58-82-69(74)52-44-36-30-29-34-42-50-64(8)10-2)88-71(76)54-46-38-28-20-16-15-18-24-32-40-48-62(5)6/h61-67,72H,9-60H2,1-8H3,(H,77,78)(H,79,80)/t63?,64?,65-,66-,67-/m1/s1. The van der Waals surface area contributed by atoms with Gasteiger partial charge in [-0.1, -0.05) is 299 Å². The molecular formula is C71H138O17P2. The smallest absolute Gasteiger partial charge is 0.462 e. The molecule has 0 spiro atoms. The fourth-order valence-electron chi connectivity index (χ4n) is 10.6. The first-order valence-corrected chi connectivity index (χ1v) is 39.8. The molecule has 0 radical (unpaired) electrons. The van der Waals surface area contributed by atoms with E-state index in [0.29, 0.717) is 25.7 Å².